The number of hydrogen-bond donors (Lipinski definition) is 2. The SMILES string of the molecule is CCO[Si](CCCNC(=O)OCC(C)OC(=O)NCCC[Si](OCC)(OCC)OCC)(OCC)OCC. The van der Waals surface area contributed by atoms with E-state index >= 15 is 0 Å². The number of nitrogens with one attached hydrogen (secondary N) is 2. The Hall–Kier alpha value is -1.27. The number of rotatable bonds is 23. The van der Waals surface area contributed by atoms with Gasteiger partial charge in [-0.3, -0.25) is 0 Å². The fourth-order valence-corrected chi connectivity index (χ4v) is 8.72. The van der Waals surface area contributed by atoms with E-state index in [1.54, 1.807) is 6.92 Å². The third-order valence-corrected chi connectivity index (χ3v) is 11.1. The van der Waals surface area contributed by atoms with Crippen molar-refractivity contribution < 1.29 is 45.6 Å². The molecular formula is C23H50N2O10Si2. The van der Waals surface area contributed by atoms with Gasteiger partial charge in [0.1, 0.15) is 12.7 Å². The average molecular weight is 571 g/mol. The Morgan fingerprint density at radius 3 is 1.32 bits per heavy atom. The van der Waals surface area contributed by atoms with Crippen molar-refractivity contribution in [2.24, 2.45) is 0 Å². The number of amides is 2. The summed E-state index contributed by atoms with van der Waals surface area (Å²) in [6.45, 7) is 16.8. The molecule has 37 heavy (non-hydrogen) atoms. The van der Waals surface area contributed by atoms with E-state index in [9.17, 15) is 9.59 Å². The van der Waals surface area contributed by atoms with E-state index < -0.39 is 35.9 Å². The molecule has 0 spiro atoms. The molecule has 0 radical (unpaired) electrons. The molecule has 220 valence electrons. The van der Waals surface area contributed by atoms with Gasteiger partial charge >= 0.3 is 29.8 Å². The maximum Gasteiger partial charge on any atom is 0.500 e. The Balaban J connectivity index is 4.24. The summed E-state index contributed by atoms with van der Waals surface area (Å²) in [6, 6.07) is 1.18. The van der Waals surface area contributed by atoms with Crippen molar-refractivity contribution in [1.29, 1.82) is 0 Å². The number of carbonyl (C=O) groups is 2. The summed E-state index contributed by atoms with van der Waals surface area (Å²) in [5.74, 6) is 0. The van der Waals surface area contributed by atoms with Crippen LogP contribution in [0.2, 0.25) is 12.1 Å². The molecule has 0 aliphatic heterocycles. The number of hydrogen-bond acceptors (Lipinski definition) is 10. The maximum atomic E-state index is 12.1. The third kappa shape index (κ3) is 16.3. The molecule has 0 saturated carbocycles. The van der Waals surface area contributed by atoms with Crippen molar-refractivity contribution in [1.82, 2.24) is 10.6 Å². The largest absolute Gasteiger partial charge is 0.500 e. The summed E-state index contributed by atoms with van der Waals surface area (Å²) in [5.41, 5.74) is 0. The number of ether oxygens (including phenoxy) is 2. The van der Waals surface area contributed by atoms with Gasteiger partial charge in [0.25, 0.3) is 0 Å². The van der Waals surface area contributed by atoms with Crippen molar-refractivity contribution in [3.63, 3.8) is 0 Å². The van der Waals surface area contributed by atoms with E-state index in [1.807, 2.05) is 41.5 Å². The molecule has 1 unspecified atom stereocenters. The molecule has 0 heterocycles. The molecule has 14 heteroatoms. The Bertz CT molecular complexity index is 570. The molecular weight excluding hydrogens is 520 g/mol. The lowest BCUT2D eigenvalue weighted by atomic mass is 10.4. The van der Waals surface area contributed by atoms with Crippen LogP contribution in [0, 0.1) is 0 Å². The lowest BCUT2D eigenvalue weighted by Gasteiger charge is -2.28. The lowest BCUT2D eigenvalue weighted by molar-refractivity contribution is 0.0526. The molecule has 0 saturated heterocycles. The van der Waals surface area contributed by atoms with Gasteiger partial charge in [-0.05, 0) is 61.3 Å². The molecule has 0 aliphatic rings. The number of alkyl carbamates (subject to hydrolysis) is 2. The van der Waals surface area contributed by atoms with Crippen LogP contribution in [0.25, 0.3) is 0 Å². The van der Waals surface area contributed by atoms with E-state index in [0.717, 1.165) is 0 Å². The molecule has 0 aromatic heterocycles. The summed E-state index contributed by atoms with van der Waals surface area (Å²) >= 11 is 0. The van der Waals surface area contributed by atoms with Crippen LogP contribution in [0.1, 0.15) is 61.3 Å². The van der Waals surface area contributed by atoms with Gasteiger partial charge in [0.05, 0.1) is 0 Å². The second-order valence-corrected chi connectivity index (χ2v) is 13.3. The van der Waals surface area contributed by atoms with Crippen molar-refractivity contribution in [3.05, 3.63) is 0 Å². The maximum absolute atomic E-state index is 12.1. The first kappa shape index (κ1) is 35.7. The highest BCUT2D eigenvalue weighted by atomic mass is 28.4. The van der Waals surface area contributed by atoms with Gasteiger partial charge in [-0.15, -0.1) is 0 Å². The lowest BCUT2D eigenvalue weighted by Crippen LogP contribution is -2.46. The monoisotopic (exact) mass is 570 g/mol. The quantitative estimate of drug-likeness (QED) is 0.138. The fourth-order valence-electron chi connectivity index (χ4n) is 3.50. The zero-order chi connectivity index (χ0) is 28.0. The Morgan fingerprint density at radius 1 is 0.622 bits per heavy atom. The first-order valence-corrected chi connectivity index (χ1v) is 17.3. The first-order valence-electron chi connectivity index (χ1n) is 13.4. The summed E-state index contributed by atoms with van der Waals surface area (Å²) in [4.78, 5) is 24.1. The molecule has 2 amide bonds. The average Bonchev–Trinajstić information content (AvgIpc) is 2.84. The third-order valence-electron chi connectivity index (χ3n) is 4.80. The minimum absolute atomic E-state index is 0.0657. The smallest absolute Gasteiger partial charge is 0.446 e. The van der Waals surface area contributed by atoms with Crippen LogP contribution in [0.15, 0.2) is 0 Å². The first-order chi connectivity index (χ1) is 17.8. The molecule has 0 bridgehead atoms. The molecule has 1 atom stereocenters. The summed E-state index contributed by atoms with van der Waals surface area (Å²) in [7, 11) is -5.47. The van der Waals surface area contributed by atoms with Crippen LogP contribution in [0.5, 0.6) is 0 Å². The topological polar surface area (TPSA) is 132 Å². The minimum atomic E-state index is -2.74. The summed E-state index contributed by atoms with van der Waals surface area (Å²) < 4.78 is 45.2. The zero-order valence-corrected chi connectivity index (χ0v) is 25.9. The van der Waals surface area contributed by atoms with Crippen molar-refractivity contribution >= 4 is 29.8 Å². The zero-order valence-electron chi connectivity index (χ0n) is 23.9. The van der Waals surface area contributed by atoms with Gasteiger partial charge in [-0.2, -0.15) is 0 Å². The summed E-state index contributed by atoms with van der Waals surface area (Å²) in [5, 5.41) is 5.38. The molecule has 0 fully saturated rings. The van der Waals surface area contributed by atoms with Crippen LogP contribution >= 0.6 is 0 Å². The molecule has 0 aliphatic carbocycles. The van der Waals surface area contributed by atoms with Crippen LogP contribution in [-0.4, -0.2) is 95.2 Å². The molecule has 0 aromatic rings. The van der Waals surface area contributed by atoms with E-state index in [4.69, 9.17) is 36.0 Å². The molecule has 2 N–H and O–H groups in total. The second kappa shape index (κ2) is 21.6. The second-order valence-electron chi connectivity index (χ2n) is 7.84. The van der Waals surface area contributed by atoms with Crippen LogP contribution < -0.4 is 10.6 Å². The predicted molar refractivity (Wildman–Crippen MR) is 143 cm³/mol. The standard InChI is InChI=1S/C23H50N2O10Si2/c1-8-29-36(30-9-2,31-10-3)18-14-16-24-22(26)28-20-21(7)35-23(27)25-17-15-19-37(32-11-4,33-12-5)34-13-6/h21H,8-20H2,1-7H3,(H,24,26)(H,25,27). The molecule has 12 nitrogen and oxygen atoms in total. The highest BCUT2D eigenvalue weighted by Crippen LogP contribution is 2.18. The normalized spacial score (nSPS) is 12.7. The van der Waals surface area contributed by atoms with E-state index in [2.05, 4.69) is 10.6 Å². The van der Waals surface area contributed by atoms with Gasteiger partial charge in [-0.1, -0.05) is 0 Å². The van der Waals surface area contributed by atoms with E-state index in [-0.39, 0.29) is 6.61 Å². The Morgan fingerprint density at radius 2 is 0.973 bits per heavy atom. The number of carbonyl (C=O) groups excluding carboxylic acids is 2. The predicted octanol–water partition coefficient (Wildman–Crippen LogP) is 3.70. The van der Waals surface area contributed by atoms with Crippen LogP contribution in [-0.2, 0) is 36.0 Å². The summed E-state index contributed by atoms with van der Waals surface area (Å²) in [6.07, 6.45) is -0.540. The fraction of sp³-hybridized carbons (Fsp3) is 0.913. The Labute approximate surface area is 225 Å². The van der Waals surface area contributed by atoms with Crippen LogP contribution in [0.3, 0.4) is 0 Å². The van der Waals surface area contributed by atoms with Crippen LogP contribution in [0.4, 0.5) is 9.59 Å². The van der Waals surface area contributed by atoms with Gasteiger partial charge in [-0.25, -0.2) is 9.59 Å². The van der Waals surface area contributed by atoms with Crippen molar-refractivity contribution in [3.8, 4) is 0 Å². The minimum Gasteiger partial charge on any atom is -0.446 e. The molecule has 0 aromatic carbocycles. The van der Waals surface area contributed by atoms with Crippen molar-refractivity contribution in [2.45, 2.75) is 79.5 Å². The highest BCUT2D eigenvalue weighted by Gasteiger charge is 2.40. The molecule has 0 rings (SSSR count). The highest BCUT2D eigenvalue weighted by molar-refractivity contribution is 6.61. The van der Waals surface area contributed by atoms with Gasteiger partial charge in [0.15, 0.2) is 0 Å². The van der Waals surface area contributed by atoms with Crippen molar-refractivity contribution in [2.75, 3.05) is 59.3 Å². The van der Waals surface area contributed by atoms with Gasteiger partial charge in [0.2, 0.25) is 0 Å². The van der Waals surface area contributed by atoms with E-state index in [0.29, 0.717) is 77.7 Å². The van der Waals surface area contributed by atoms with Gasteiger partial charge < -0.3 is 46.7 Å². The Kier molecular flexibility index (Phi) is 20.9. The van der Waals surface area contributed by atoms with E-state index in [1.165, 1.54) is 0 Å². The van der Waals surface area contributed by atoms with Gasteiger partial charge in [0, 0.05) is 64.8 Å².